The molecule has 3 N–H and O–H groups in total. The van der Waals surface area contributed by atoms with Gasteiger partial charge in [-0.25, -0.2) is 9.28 Å². The van der Waals surface area contributed by atoms with Crippen LogP contribution >= 0.6 is 0 Å². The third kappa shape index (κ3) is 2.21. The summed E-state index contributed by atoms with van der Waals surface area (Å²) in [7, 11) is 0. The number of carbonyl (C=O) groups is 2. The summed E-state index contributed by atoms with van der Waals surface area (Å²) in [6, 6.07) is 4.96. The summed E-state index contributed by atoms with van der Waals surface area (Å²) >= 11 is 0. The van der Waals surface area contributed by atoms with Gasteiger partial charge >= 0.3 is 12.1 Å². The maximum absolute atomic E-state index is 12.0. The van der Waals surface area contributed by atoms with E-state index in [0.29, 0.717) is 19.5 Å². The number of quaternary nitrogens is 1. The van der Waals surface area contributed by atoms with Crippen LogP contribution in [0.1, 0.15) is 42.4 Å². The molecule has 0 spiro atoms. The lowest BCUT2D eigenvalue weighted by atomic mass is 9.93. The number of carboxylic acid groups (broad SMARTS) is 2. The van der Waals surface area contributed by atoms with Crippen molar-refractivity contribution in [3.05, 3.63) is 35.0 Å². The second-order valence-corrected chi connectivity index (χ2v) is 7.20. The second-order valence-electron chi connectivity index (χ2n) is 7.20. The van der Waals surface area contributed by atoms with Gasteiger partial charge in [0.25, 0.3) is 0 Å². The molecule has 1 unspecified atom stereocenters. The molecular weight excluding hydrogens is 296 g/mol. The fourth-order valence-corrected chi connectivity index (χ4v) is 3.50. The minimum Gasteiger partial charge on any atom is -0.478 e. The van der Waals surface area contributed by atoms with Gasteiger partial charge in [0.1, 0.15) is 12.1 Å². The molecule has 23 heavy (non-hydrogen) atoms. The van der Waals surface area contributed by atoms with Gasteiger partial charge in [-0.15, -0.1) is 0 Å². The average molecular weight is 317 g/mol. The zero-order valence-corrected chi connectivity index (χ0v) is 13.5. The molecule has 3 rings (SSSR count). The Bertz CT molecular complexity index is 816. The molecular formula is C17H21N2O4+. The van der Waals surface area contributed by atoms with E-state index in [1.54, 1.807) is 18.2 Å². The van der Waals surface area contributed by atoms with Crippen LogP contribution in [-0.4, -0.2) is 43.8 Å². The fraction of sp³-hybridized carbons (Fsp3) is 0.412. The topological polar surface area (TPSA) is 90.4 Å². The number of hydrogen-bond donors (Lipinski definition) is 3. The van der Waals surface area contributed by atoms with E-state index in [4.69, 9.17) is 0 Å². The highest BCUT2D eigenvalue weighted by molar-refractivity contribution is 5.95. The van der Waals surface area contributed by atoms with Gasteiger partial charge in [0.15, 0.2) is 0 Å². The van der Waals surface area contributed by atoms with E-state index in [-0.39, 0.29) is 10.0 Å². The number of fused-ring (bicyclic) bond motifs is 3. The molecule has 0 saturated heterocycles. The lowest BCUT2D eigenvalue weighted by Gasteiger charge is -2.45. The van der Waals surface area contributed by atoms with Crippen LogP contribution in [0, 0.1) is 0 Å². The molecule has 0 saturated carbocycles. The summed E-state index contributed by atoms with van der Waals surface area (Å²) in [6.07, 6.45) is -0.206. The number of hydrogen-bond acceptors (Lipinski definition) is 2. The minimum atomic E-state index is -0.979. The van der Waals surface area contributed by atoms with Crippen LogP contribution in [0.5, 0.6) is 0 Å². The Morgan fingerprint density at radius 2 is 1.91 bits per heavy atom. The van der Waals surface area contributed by atoms with E-state index in [1.165, 1.54) is 0 Å². The first kappa shape index (κ1) is 15.6. The summed E-state index contributed by atoms with van der Waals surface area (Å²) in [5.41, 5.74) is 2.57. The standard InChI is InChI=1S/C17H20N2O4/c1-17(2,3)19(16(22)23)7-6-14-12(9-19)11-8-10(15(20)21)4-5-13(11)18-14/h4-5,8,18H,6-7,9H2,1-3H3,(H-,20,21,22,23)/p+1. The number of carboxylic acids is 1. The number of nitrogens with zero attached hydrogens (tertiary/aromatic N) is 1. The summed E-state index contributed by atoms with van der Waals surface area (Å²) in [6.45, 7) is 6.68. The van der Waals surface area contributed by atoms with Crippen LogP contribution < -0.4 is 0 Å². The molecule has 6 nitrogen and oxygen atoms in total. The molecule has 2 aromatic rings. The summed E-state index contributed by atoms with van der Waals surface area (Å²) in [5, 5.41) is 19.9. The maximum atomic E-state index is 12.0. The first-order valence-corrected chi connectivity index (χ1v) is 7.63. The molecule has 1 atom stereocenters. The van der Waals surface area contributed by atoms with Crippen LogP contribution in [-0.2, 0) is 13.0 Å². The molecule has 0 bridgehead atoms. The zero-order chi connectivity index (χ0) is 17.0. The van der Waals surface area contributed by atoms with E-state index >= 15 is 0 Å². The lowest BCUT2D eigenvalue weighted by Crippen LogP contribution is -2.64. The summed E-state index contributed by atoms with van der Waals surface area (Å²) < 4.78 is -0.0513. The quantitative estimate of drug-likeness (QED) is 0.704. The van der Waals surface area contributed by atoms with Gasteiger partial charge in [-0.2, -0.15) is 4.79 Å². The smallest absolute Gasteiger partial charge is 0.478 e. The van der Waals surface area contributed by atoms with Crippen LogP contribution in [0.4, 0.5) is 4.79 Å². The van der Waals surface area contributed by atoms with Crippen LogP contribution in [0.3, 0.4) is 0 Å². The molecule has 1 aromatic heterocycles. The Kier molecular flexibility index (Phi) is 3.26. The summed E-state index contributed by atoms with van der Waals surface area (Å²) in [5.74, 6) is -0.979. The predicted octanol–water partition coefficient (Wildman–Crippen LogP) is 3.22. The van der Waals surface area contributed by atoms with E-state index in [9.17, 15) is 19.8 Å². The Morgan fingerprint density at radius 1 is 1.22 bits per heavy atom. The molecule has 0 fully saturated rings. The van der Waals surface area contributed by atoms with Crippen LogP contribution in [0.25, 0.3) is 10.9 Å². The molecule has 1 aliphatic rings. The number of nitrogens with one attached hydrogen (secondary N) is 1. The first-order valence-electron chi connectivity index (χ1n) is 7.63. The number of H-pyrrole nitrogens is 1. The number of benzene rings is 1. The number of aromatic amines is 1. The van der Waals surface area contributed by atoms with Crippen molar-refractivity contribution in [1.82, 2.24) is 4.98 Å². The third-order valence-corrected chi connectivity index (χ3v) is 5.06. The fourth-order valence-electron chi connectivity index (χ4n) is 3.50. The van der Waals surface area contributed by atoms with Gasteiger partial charge in [-0.3, -0.25) is 0 Å². The van der Waals surface area contributed by atoms with E-state index in [0.717, 1.165) is 22.2 Å². The highest BCUT2D eigenvalue weighted by atomic mass is 16.4. The SMILES string of the molecule is CC(C)(C)[N+]1(C(=O)O)CCc2[nH]c3ccc(C(=O)O)cc3c2C1. The Labute approximate surface area is 133 Å². The van der Waals surface area contributed by atoms with Crippen molar-refractivity contribution < 1.29 is 24.3 Å². The molecule has 1 aliphatic heterocycles. The largest absolute Gasteiger partial charge is 0.514 e. The highest BCUT2D eigenvalue weighted by Gasteiger charge is 2.50. The van der Waals surface area contributed by atoms with E-state index in [2.05, 4.69) is 4.98 Å². The maximum Gasteiger partial charge on any atom is 0.514 e. The molecule has 1 aromatic carbocycles. The normalized spacial score (nSPS) is 21.2. The number of aromatic nitrogens is 1. The monoisotopic (exact) mass is 317 g/mol. The Balaban J connectivity index is 2.18. The van der Waals surface area contributed by atoms with Gasteiger partial charge in [-0.1, -0.05) is 0 Å². The first-order chi connectivity index (χ1) is 10.7. The number of rotatable bonds is 1. The van der Waals surface area contributed by atoms with Crippen LogP contribution in [0.15, 0.2) is 18.2 Å². The van der Waals surface area contributed by atoms with Crippen molar-refractivity contribution in [3.8, 4) is 0 Å². The molecule has 0 aliphatic carbocycles. The molecule has 0 radical (unpaired) electrons. The Morgan fingerprint density at radius 3 is 2.48 bits per heavy atom. The lowest BCUT2D eigenvalue weighted by molar-refractivity contribution is -0.917. The number of amides is 1. The molecule has 1 amide bonds. The molecule has 2 heterocycles. The van der Waals surface area contributed by atoms with Crippen molar-refractivity contribution in [2.45, 2.75) is 39.3 Å². The van der Waals surface area contributed by atoms with Gasteiger partial charge in [0.05, 0.1) is 12.1 Å². The van der Waals surface area contributed by atoms with Crippen molar-refractivity contribution in [2.24, 2.45) is 0 Å². The van der Waals surface area contributed by atoms with Gasteiger partial charge in [0.2, 0.25) is 0 Å². The summed E-state index contributed by atoms with van der Waals surface area (Å²) in [4.78, 5) is 26.6. The van der Waals surface area contributed by atoms with E-state index < -0.39 is 17.6 Å². The second kappa shape index (κ2) is 4.83. The molecule has 6 heteroatoms. The highest BCUT2D eigenvalue weighted by Crippen LogP contribution is 2.37. The predicted molar refractivity (Wildman–Crippen MR) is 85.6 cm³/mol. The van der Waals surface area contributed by atoms with Gasteiger partial charge < -0.3 is 15.2 Å². The van der Waals surface area contributed by atoms with Gasteiger partial charge in [-0.05, 0) is 39.0 Å². The third-order valence-electron chi connectivity index (χ3n) is 5.06. The van der Waals surface area contributed by atoms with Crippen molar-refractivity contribution >= 4 is 23.0 Å². The number of aromatic carboxylic acids is 1. The average Bonchev–Trinajstić information content (AvgIpc) is 2.82. The van der Waals surface area contributed by atoms with Gasteiger partial charge in [0, 0.05) is 28.6 Å². The minimum absolute atomic E-state index is 0.0513. The van der Waals surface area contributed by atoms with E-state index in [1.807, 2.05) is 20.8 Å². The zero-order valence-electron chi connectivity index (χ0n) is 13.5. The molecule has 122 valence electrons. The van der Waals surface area contributed by atoms with Crippen molar-refractivity contribution in [2.75, 3.05) is 6.54 Å². The van der Waals surface area contributed by atoms with Crippen LogP contribution in [0.2, 0.25) is 0 Å². The Hall–Kier alpha value is -2.34. The van der Waals surface area contributed by atoms with Crippen molar-refractivity contribution in [1.29, 1.82) is 0 Å². The van der Waals surface area contributed by atoms with Crippen molar-refractivity contribution in [3.63, 3.8) is 0 Å².